The first kappa shape index (κ1) is 24.4. The Bertz CT molecular complexity index is 973. The second-order valence-electron chi connectivity index (χ2n) is 9.86. The fourth-order valence-corrected chi connectivity index (χ4v) is 5.92. The van der Waals surface area contributed by atoms with Gasteiger partial charge in [-0.25, -0.2) is 15.0 Å². The molecule has 0 aromatic carbocycles. The van der Waals surface area contributed by atoms with Crippen molar-refractivity contribution in [1.29, 1.82) is 0 Å². The highest BCUT2D eigenvalue weighted by molar-refractivity contribution is 8.07. The van der Waals surface area contributed by atoms with Gasteiger partial charge in [-0.1, -0.05) is 20.8 Å². The number of imidazole rings is 1. The van der Waals surface area contributed by atoms with Crippen molar-refractivity contribution in [3.8, 4) is 0 Å². The zero-order valence-electron chi connectivity index (χ0n) is 19.0. The molecular weight excluding hydrogens is 441 g/mol. The third-order valence-electron chi connectivity index (χ3n) is 4.68. The van der Waals surface area contributed by atoms with Crippen molar-refractivity contribution in [2.45, 2.75) is 78.1 Å². The minimum absolute atomic E-state index is 0.0774. The summed E-state index contributed by atoms with van der Waals surface area (Å²) in [5.74, 6) is 0.277. The number of aromatic nitrogens is 4. The van der Waals surface area contributed by atoms with Crippen LogP contribution in [0.3, 0.4) is 0 Å². The predicted molar refractivity (Wildman–Crippen MR) is 121 cm³/mol. The number of methoxy groups -OCH3 is 1. The van der Waals surface area contributed by atoms with Gasteiger partial charge in [-0.15, -0.1) is 0 Å². The zero-order valence-corrected chi connectivity index (χ0v) is 20.7. The Morgan fingerprint density at radius 3 is 2.45 bits per heavy atom. The van der Waals surface area contributed by atoms with E-state index in [-0.39, 0.29) is 11.2 Å². The summed E-state index contributed by atoms with van der Waals surface area (Å²) in [5.41, 5.74) is 6.18. The van der Waals surface area contributed by atoms with Crippen LogP contribution in [-0.4, -0.2) is 55.4 Å². The molecule has 1 saturated heterocycles. The van der Waals surface area contributed by atoms with Gasteiger partial charge in [-0.2, -0.15) is 0 Å². The number of fused-ring (bicyclic) bond motifs is 1. The molecule has 0 spiro atoms. The maximum atomic E-state index is 10.8. The van der Waals surface area contributed by atoms with E-state index in [1.807, 2.05) is 20.8 Å². The number of hydrogen-bond donors (Lipinski definition) is 2. The van der Waals surface area contributed by atoms with Crippen molar-refractivity contribution in [2.75, 3.05) is 12.8 Å². The molecule has 2 aromatic heterocycles. The zero-order chi connectivity index (χ0) is 23.2. The van der Waals surface area contributed by atoms with Crippen LogP contribution in [0, 0.1) is 5.41 Å². The predicted octanol–water partition coefficient (Wildman–Crippen LogP) is 3.17. The van der Waals surface area contributed by atoms with Crippen molar-refractivity contribution in [3.05, 3.63) is 12.7 Å². The number of nitrogens with two attached hydrogens (primary N) is 1. The topological polar surface area (TPSA) is 127 Å². The molecule has 3 heterocycles. The third kappa shape index (κ3) is 5.78. The number of nitrogen functional groups attached to an aromatic ring is 1. The molecule has 3 rings (SSSR count). The lowest BCUT2D eigenvalue weighted by Gasteiger charge is -2.32. The van der Waals surface area contributed by atoms with Crippen LogP contribution in [0.1, 0.15) is 54.2 Å². The van der Waals surface area contributed by atoms with Crippen LogP contribution < -0.4 is 5.73 Å². The Balaban J connectivity index is 1.99. The van der Waals surface area contributed by atoms with E-state index in [0.29, 0.717) is 17.6 Å². The highest BCUT2D eigenvalue weighted by Gasteiger charge is 2.50. The molecule has 31 heavy (non-hydrogen) atoms. The molecular formula is C19H32N5O5PS. The summed E-state index contributed by atoms with van der Waals surface area (Å²) >= 11 is 5.31. The molecule has 0 bridgehead atoms. The number of nitrogens with zero attached hydrogens (tertiary/aromatic N) is 4. The van der Waals surface area contributed by atoms with Crippen LogP contribution >= 0.6 is 6.72 Å². The lowest BCUT2D eigenvalue weighted by Crippen LogP contribution is -2.37. The van der Waals surface area contributed by atoms with Gasteiger partial charge in [0.25, 0.3) is 0 Å². The Morgan fingerprint density at radius 2 is 1.87 bits per heavy atom. The van der Waals surface area contributed by atoms with Crippen molar-refractivity contribution in [1.82, 2.24) is 19.5 Å². The molecule has 0 aliphatic carbocycles. The van der Waals surface area contributed by atoms with E-state index in [1.54, 1.807) is 18.0 Å². The maximum Gasteiger partial charge on any atom is 0.325 e. The minimum Gasteiger partial charge on any atom is -0.382 e. The van der Waals surface area contributed by atoms with Gasteiger partial charge < -0.3 is 24.6 Å². The van der Waals surface area contributed by atoms with Crippen LogP contribution in [-0.2, 0) is 30.3 Å². The first-order valence-corrected chi connectivity index (χ1v) is 12.6. The van der Waals surface area contributed by atoms with Gasteiger partial charge in [-0.05, 0) is 44.4 Å². The van der Waals surface area contributed by atoms with Crippen molar-refractivity contribution >= 4 is 35.5 Å². The quantitative estimate of drug-likeness (QED) is 0.604. The van der Waals surface area contributed by atoms with Gasteiger partial charge in [0.1, 0.15) is 24.1 Å². The lowest BCUT2D eigenvalue weighted by molar-refractivity contribution is -0.0549. The largest absolute Gasteiger partial charge is 0.382 e. The normalized spacial score (nSPS) is 27.0. The van der Waals surface area contributed by atoms with E-state index in [4.69, 9.17) is 36.1 Å². The van der Waals surface area contributed by atoms with E-state index in [1.165, 1.54) is 6.33 Å². The number of hydrogen-bond acceptors (Lipinski definition) is 9. The SMILES string of the molecule is CO[C@H]1C(OP(O)(=S)OC(C)(C)C)[C@@H](CC(C)(C)C)O[C@H]1n1cnc2c(N)ncnc21. The molecule has 10 nitrogen and oxygen atoms in total. The summed E-state index contributed by atoms with van der Waals surface area (Å²) in [5, 5.41) is 0. The van der Waals surface area contributed by atoms with Gasteiger partial charge in [0.05, 0.1) is 18.0 Å². The van der Waals surface area contributed by atoms with Crippen molar-refractivity contribution < 1.29 is 23.4 Å². The average molecular weight is 474 g/mol. The van der Waals surface area contributed by atoms with Gasteiger partial charge in [-0.3, -0.25) is 9.09 Å². The molecule has 0 radical (unpaired) electrons. The molecule has 3 N–H and O–H groups in total. The van der Waals surface area contributed by atoms with E-state index in [9.17, 15) is 4.89 Å². The summed E-state index contributed by atoms with van der Waals surface area (Å²) in [4.78, 5) is 23.4. The molecule has 5 atom stereocenters. The fourth-order valence-electron chi connectivity index (χ4n) is 3.66. The standard InChI is InChI=1S/C19H32N5O5PS/c1-18(2,3)8-11-13(28-30(25,31)29-19(4,5)6)14(26-7)17(27-11)24-10-23-12-15(20)21-9-22-16(12)24/h9-11,13-14,17H,8H2,1-7H3,(H,25,31)(H2,20,21,22)/t11-,13?,14+,17-,30?/m1/s1. The first-order chi connectivity index (χ1) is 14.2. The van der Waals surface area contributed by atoms with Crippen LogP contribution in [0.2, 0.25) is 0 Å². The van der Waals surface area contributed by atoms with E-state index in [0.717, 1.165) is 0 Å². The van der Waals surface area contributed by atoms with E-state index >= 15 is 0 Å². The molecule has 0 saturated carbocycles. The molecule has 1 aliphatic rings. The highest BCUT2D eigenvalue weighted by Crippen LogP contribution is 2.53. The van der Waals surface area contributed by atoms with Gasteiger partial charge in [0.15, 0.2) is 17.7 Å². The van der Waals surface area contributed by atoms with E-state index in [2.05, 4.69) is 35.7 Å². The Kier molecular flexibility index (Phi) is 6.80. The second-order valence-corrected chi connectivity index (χ2v) is 12.6. The fraction of sp³-hybridized carbons (Fsp3) is 0.737. The summed E-state index contributed by atoms with van der Waals surface area (Å²) in [6, 6.07) is 0. The molecule has 1 fully saturated rings. The summed E-state index contributed by atoms with van der Waals surface area (Å²) in [6.07, 6.45) is 1.31. The molecule has 2 aromatic rings. The Morgan fingerprint density at radius 1 is 1.19 bits per heavy atom. The number of anilines is 1. The van der Waals surface area contributed by atoms with Crippen LogP contribution in [0.5, 0.6) is 0 Å². The van der Waals surface area contributed by atoms with Crippen molar-refractivity contribution in [3.63, 3.8) is 0 Å². The first-order valence-electron chi connectivity index (χ1n) is 10.0. The lowest BCUT2D eigenvalue weighted by atomic mass is 9.87. The van der Waals surface area contributed by atoms with Crippen molar-refractivity contribution in [2.24, 2.45) is 5.41 Å². The summed E-state index contributed by atoms with van der Waals surface area (Å²) < 4.78 is 25.6. The Labute approximate surface area is 187 Å². The second kappa shape index (κ2) is 8.62. The van der Waals surface area contributed by atoms with Crippen LogP contribution in [0.15, 0.2) is 12.7 Å². The minimum atomic E-state index is -3.57. The van der Waals surface area contributed by atoms with Crippen LogP contribution in [0.4, 0.5) is 5.82 Å². The number of rotatable bonds is 6. The molecule has 0 amide bonds. The summed E-state index contributed by atoms with van der Waals surface area (Å²) in [6.45, 7) is 8.16. The van der Waals surface area contributed by atoms with Gasteiger partial charge >= 0.3 is 6.72 Å². The molecule has 2 unspecified atom stereocenters. The molecule has 174 valence electrons. The third-order valence-corrected chi connectivity index (χ3v) is 6.45. The monoisotopic (exact) mass is 473 g/mol. The van der Waals surface area contributed by atoms with Crippen LogP contribution in [0.25, 0.3) is 11.2 Å². The maximum absolute atomic E-state index is 10.8. The van der Waals surface area contributed by atoms with Gasteiger partial charge in [0.2, 0.25) is 0 Å². The Hall–Kier alpha value is -1.20. The average Bonchev–Trinajstić information content (AvgIpc) is 3.13. The highest BCUT2D eigenvalue weighted by atomic mass is 32.5. The number of ether oxygens (including phenoxy) is 2. The van der Waals surface area contributed by atoms with E-state index < -0.39 is 36.9 Å². The summed E-state index contributed by atoms with van der Waals surface area (Å²) in [7, 11) is 1.56. The molecule has 12 heteroatoms. The smallest absolute Gasteiger partial charge is 0.325 e. The van der Waals surface area contributed by atoms with Gasteiger partial charge in [0, 0.05) is 7.11 Å². The molecule has 1 aliphatic heterocycles.